The van der Waals surface area contributed by atoms with E-state index in [-0.39, 0.29) is 23.1 Å². The summed E-state index contributed by atoms with van der Waals surface area (Å²) < 4.78 is 0. The number of nitrogens with zero attached hydrogens (tertiary/aromatic N) is 4. The Morgan fingerprint density at radius 3 is 1.43 bits per heavy atom. The van der Waals surface area contributed by atoms with Gasteiger partial charge in [0.2, 0.25) is 0 Å². The zero-order valence-electron chi connectivity index (χ0n) is 18.2. The van der Waals surface area contributed by atoms with Gasteiger partial charge in [0.1, 0.15) is 0 Å². The predicted molar refractivity (Wildman–Crippen MR) is 111 cm³/mol. The first-order chi connectivity index (χ1) is 13.0. The van der Waals surface area contributed by atoms with Crippen molar-refractivity contribution < 1.29 is 9.59 Å². The first-order valence-corrected chi connectivity index (χ1v) is 10.2. The lowest BCUT2D eigenvalue weighted by Crippen LogP contribution is -2.44. The zero-order chi connectivity index (χ0) is 20.7. The maximum absolute atomic E-state index is 12.7. The van der Waals surface area contributed by atoms with Crippen LogP contribution in [0.5, 0.6) is 0 Å². The fourth-order valence-electron chi connectivity index (χ4n) is 3.97. The lowest BCUT2D eigenvalue weighted by atomic mass is 10.1. The van der Waals surface area contributed by atoms with Crippen molar-refractivity contribution >= 4 is 12.1 Å². The third kappa shape index (κ3) is 4.26. The van der Waals surface area contributed by atoms with Gasteiger partial charge in [-0.2, -0.15) is 0 Å². The molecule has 2 saturated heterocycles. The second-order valence-corrected chi connectivity index (χ2v) is 9.87. The number of carbonyl (C=O) groups is 2. The smallest absolute Gasteiger partial charge is 0.319 e. The summed E-state index contributed by atoms with van der Waals surface area (Å²) in [5, 5.41) is 0. The van der Waals surface area contributed by atoms with E-state index in [4.69, 9.17) is 0 Å². The Morgan fingerprint density at radius 2 is 1.11 bits per heavy atom. The molecule has 4 amide bonds. The van der Waals surface area contributed by atoms with Crippen LogP contribution in [0.25, 0.3) is 0 Å². The van der Waals surface area contributed by atoms with Crippen LogP contribution in [0.4, 0.5) is 9.59 Å². The molecule has 6 nitrogen and oxygen atoms in total. The van der Waals surface area contributed by atoms with Crippen molar-refractivity contribution in [1.29, 1.82) is 0 Å². The van der Waals surface area contributed by atoms with Crippen molar-refractivity contribution in [3.63, 3.8) is 0 Å². The van der Waals surface area contributed by atoms with E-state index in [1.807, 2.05) is 25.7 Å². The summed E-state index contributed by atoms with van der Waals surface area (Å²) in [5.74, 6) is 0. The molecule has 1 aromatic carbocycles. The molecule has 0 aliphatic carbocycles. The quantitative estimate of drug-likeness (QED) is 0.791. The fraction of sp³-hybridized carbons (Fsp3) is 0.636. The van der Waals surface area contributed by atoms with Crippen LogP contribution in [0.2, 0.25) is 0 Å². The van der Waals surface area contributed by atoms with Gasteiger partial charge in [0, 0.05) is 50.3 Å². The van der Waals surface area contributed by atoms with Gasteiger partial charge in [-0.1, -0.05) is 24.3 Å². The predicted octanol–water partition coefficient (Wildman–Crippen LogP) is 3.76. The minimum Gasteiger partial charge on any atom is -0.319 e. The first-order valence-electron chi connectivity index (χ1n) is 10.2. The Labute approximate surface area is 169 Å². The van der Waals surface area contributed by atoms with Gasteiger partial charge in [0.05, 0.1) is 0 Å². The standard InChI is InChI=1S/C22H34N4O2/c1-21(2,3)25-12-10-23(19(25)27)15-17-8-7-9-18(14-17)16-24-11-13-26(20(24)28)22(4,5)6/h7-9,14H,10-13,15-16H2,1-6H3. The Balaban J connectivity index is 1.64. The van der Waals surface area contributed by atoms with Gasteiger partial charge in [-0.05, 0) is 52.7 Å². The van der Waals surface area contributed by atoms with E-state index in [9.17, 15) is 9.59 Å². The average molecular weight is 387 g/mol. The van der Waals surface area contributed by atoms with Gasteiger partial charge >= 0.3 is 12.1 Å². The highest BCUT2D eigenvalue weighted by Crippen LogP contribution is 2.24. The van der Waals surface area contributed by atoms with Crippen LogP contribution in [0.15, 0.2) is 24.3 Å². The van der Waals surface area contributed by atoms with Gasteiger partial charge in [0.15, 0.2) is 0 Å². The number of carbonyl (C=O) groups excluding carboxylic acids is 2. The molecule has 154 valence electrons. The largest absolute Gasteiger partial charge is 0.320 e. The van der Waals surface area contributed by atoms with Gasteiger partial charge in [-0.15, -0.1) is 0 Å². The summed E-state index contributed by atoms with van der Waals surface area (Å²) in [6.07, 6.45) is 0. The van der Waals surface area contributed by atoms with Crippen molar-refractivity contribution in [2.45, 2.75) is 65.7 Å². The molecule has 0 unspecified atom stereocenters. The average Bonchev–Trinajstić information content (AvgIpc) is 3.11. The van der Waals surface area contributed by atoms with Gasteiger partial charge in [0.25, 0.3) is 0 Å². The Bertz CT molecular complexity index is 688. The van der Waals surface area contributed by atoms with Crippen LogP contribution in [0.1, 0.15) is 52.7 Å². The second kappa shape index (κ2) is 7.30. The number of amides is 4. The van der Waals surface area contributed by atoms with Crippen molar-refractivity contribution in [2.24, 2.45) is 0 Å². The number of urea groups is 2. The monoisotopic (exact) mass is 386 g/mol. The molecular weight excluding hydrogens is 352 g/mol. The van der Waals surface area contributed by atoms with E-state index in [2.05, 4.69) is 59.7 Å². The molecule has 0 spiro atoms. The lowest BCUT2D eigenvalue weighted by molar-refractivity contribution is 0.154. The summed E-state index contributed by atoms with van der Waals surface area (Å²) in [4.78, 5) is 33.1. The van der Waals surface area contributed by atoms with E-state index >= 15 is 0 Å². The fourth-order valence-corrected chi connectivity index (χ4v) is 3.97. The Kier molecular flexibility index (Phi) is 5.34. The summed E-state index contributed by atoms with van der Waals surface area (Å²) in [6.45, 7) is 16.7. The second-order valence-electron chi connectivity index (χ2n) is 9.87. The maximum atomic E-state index is 12.7. The van der Waals surface area contributed by atoms with Crippen molar-refractivity contribution in [3.8, 4) is 0 Å². The summed E-state index contributed by atoms with van der Waals surface area (Å²) in [6, 6.07) is 8.48. The highest BCUT2D eigenvalue weighted by molar-refractivity contribution is 5.78. The minimum absolute atomic E-state index is 0.105. The highest BCUT2D eigenvalue weighted by Gasteiger charge is 2.36. The zero-order valence-corrected chi connectivity index (χ0v) is 18.2. The molecule has 0 N–H and O–H groups in total. The van der Waals surface area contributed by atoms with E-state index in [0.29, 0.717) is 13.1 Å². The molecule has 0 atom stereocenters. The summed E-state index contributed by atoms with van der Waals surface area (Å²) in [7, 11) is 0. The molecule has 0 radical (unpaired) electrons. The summed E-state index contributed by atoms with van der Waals surface area (Å²) >= 11 is 0. The third-order valence-corrected chi connectivity index (χ3v) is 5.55. The maximum Gasteiger partial charge on any atom is 0.320 e. The van der Waals surface area contributed by atoms with E-state index < -0.39 is 0 Å². The molecule has 2 aliphatic heterocycles. The number of rotatable bonds is 4. The van der Waals surface area contributed by atoms with E-state index in [1.54, 1.807) is 0 Å². The number of hydrogen-bond acceptors (Lipinski definition) is 2. The minimum atomic E-state index is -0.150. The van der Waals surface area contributed by atoms with Crippen LogP contribution < -0.4 is 0 Å². The molecule has 6 heteroatoms. The summed E-state index contributed by atoms with van der Waals surface area (Å²) in [5.41, 5.74) is 1.92. The number of benzene rings is 1. The SMILES string of the molecule is CC(C)(C)N1CCN(Cc2cccc(CN3CCN(C(C)(C)C)C3=O)c2)C1=O. The van der Waals surface area contributed by atoms with Crippen LogP contribution in [0, 0.1) is 0 Å². The molecular formula is C22H34N4O2. The number of hydrogen-bond donors (Lipinski definition) is 0. The van der Waals surface area contributed by atoms with Crippen LogP contribution in [-0.2, 0) is 13.1 Å². The molecule has 2 heterocycles. The van der Waals surface area contributed by atoms with Crippen LogP contribution in [0.3, 0.4) is 0 Å². The van der Waals surface area contributed by atoms with Crippen LogP contribution >= 0.6 is 0 Å². The van der Waals surface area contributed by atoms with Crippen molar-refractivity contribution in [3.05, 3.63) is 35.4 Å². The third-order valence-electron chi connectivity index (χ3n) is 5.55. The van der Waals surface area contributed by atoms with Crippen molar-refractivity contribution in [1.82, 2.24) is 19.6 Å². The Hall–Kier alpha value is -2.24. The van der Waals surface area contributed by atoms with Gasteiger partial charge in [-0.25, -0.2) is 9.59 Å². The topological polar surface area (TPSA) is 47.1 Å². The molecule has 3 rings (SSSR count). The molecule has 1 aromatic rings. The Morgan fingerprint density at radius 1 is 0.714 bits per heavy atom. The van der Waals surface area contributed by atoms with Gasteiger partial charge in [-0.3, -0.25) is 0 Å². The van der Waals surface area contributed by atoms with Crippen molar-refractivity contribution in [2.75, 3.05) is 26.2 Å². The molecule has 28 heavy (non-hydrogen) atoms. The molecule has 0 saturated carbocycles. The molecule has 0 aromatic heterocycles. The van der Waals surface area contributed by atoms with E-state index in [1.165, 1.54) is 0 Å². The molecule has 2 fully saturated rings. The normalized spacial score (nSPS) is 18.6. The van der Waals surface area contributed by atoms with E-state index in [0.717, 1.165) is 37.3 Å². The molecule has 2 aliphatic rings. The lowest BCUT2D eigenvalue weighted by Gasteiger charge is -2.31. The van der Waals surface area contributed by atoms with Gasteiger partial charge < -0.3 is 19.6 Å². The highest BCUT2D eigenvalue weighted by atomic mass is 16.2. The molecule has 0 bridgehead atoms. The first kappa shape index (κ1) is 20.5. The van der Waals surface area contributed by atoms with Crippen LogP contribution in [-0.4, -0.2) is 68.9 Å².